The zero-order chi connectivity index (χ0) is 22.3. The van der Waals surface area contributed by atoms with Crippen LogP contribution in [0.3, 0.4) is 0 Å². The van der Waals surface area contributed by atoms with Crippen molar-refractivity contribution >= 4 is 23.5 Å². The predicted molar refractivity (Wildman–Crippen MR) is 115 cm³/mol. The molecule has 30 heavy (non-hydrogen) atoms. The number of nitrogens with zero attached hydrogens (tertiary/aromatic N) is 3. The van der Waals surface area contributed by atoms with Crippen molar-refractivity contribution in [2.75, 3.05) is 36.9 Å². The molecule has 0 aliphatic carbocycles. The van der Waals surface area contributed by atoms with Crippen molar-refractivity contribution in [1.82, 2.24) is 14.5 Å². The molecule has 0 atom stereocenters. The third kappa shape index (κ3) is 5.22. The van der Waals surface area contributed by atoms with Gasteiger partial charge in [-0.15, -0.1) is 0 Å². The smallest absolute Gasteiger partial charge is 0.409 e. The number of carbonyl (C=O) groups excluding carboxylic acids is 2. The van der Waals surface area contributed by atoms with Gasteiger partial charge in [-0.05, 0) is 32.6 Å². The van der Waals surface area contributed by atoms with Crippen LogP contribution in [0.2, 0.25) is 0 Å². The summed E-state index contributed by atoms with van der Waals surface area (Å²) in [5, 5.41) is 0. The summed E-state index contributed by atoms with van der Waals surface area (Å²) in [5.41, 5.74) is 5.01. The lowest BCUT2D eigenvalue weighted by molar-refractivity contribution is -0.123. The van der Waals surface area contributed by atoms with Crippen LogP contribution in [0.4, 0.5) is 16.3 Å². The molecule has 0 bridgehead atoms. The Morgan fingerprint density at radius 3 is 2.40 bits per heavy atom. The molecule has 0 radical (unpaired) electrons. The van der Waals surface area contributed by atoms with E-state index in [1.807, 2.05) is 13.8 Å². The fourth-order valence-electron chi connectivity index (χ4n) is 3.68. The summed E-state index contributed by atoms with van der Waals surface area (Å²) in [6, 6.07) is 0. The number of rotatable bonds is 8. The maximum Gasteiger partial charge on any atom is 0.409 e. The van der Waals surface area contributed by atoms with Crippen molar-refractivity contribution in [1.29, 1.82) is 0 Å². The van der Waals surface area contributed by atoms with E-state index in [1.165, 1.54) is 9.47 Å². The Kier molecular flexibility index (Phi) is 8.49. The van der Waals surface area contributed by atoms with Crippen molar-refractivity contribution in [2.24, 2.45) is 5.92 Å². The van der Waals surface area contributed by atoms with Gasteiger partial charge in [-0.25, -0.2) is 9.59 Å². The lowest BCUT2D eigenvalue weighted by Gasteiger charge is -2.33. The summed E-state index contributed by atoms with van der Waals surface area (Å²) in [7, 11) is 0. The van der Waals surface area contributed by atoms with Crippen molar-refractivity contribution < 1.29 is 14.3 Å². The second-order valence-electron chi connectivity index (χ2n) is 7.45. The number of amides is 2. The Balaban J connectivity index is 2.28. The quantitative estimate of drug-likeness (QED) is 0.652. The minimum absolute atomic E-state index is 0.0166. The maximum absolute atomic E-state index is 13.3. The van der Waals surface area contributed by atoms with Crippen molar-refractivity contribution in [3.05, 3.63) is 20.8 Å². The van der Waals surface area contributed by atoms with Gasteiger partial charge in [0, 0.05) is 32.1 Å². The van der Waals surface area contributed by atoms with Crippen LogP contribution < -0.4 is 21.9 Å². The van der Waals surface area contributed by atoms with Crippen LogP contribution in [-0.4, -0.2) is 52.7 Å². The molecule has 10 heteroatoms. The summed E-state index contributed by atoms with van der Waals surface area (Å²) in [6.45, 7) is 7.46. The van der Waals surface area contributed by atoms with Gasteiger partial charge in [0.05, 0.1) is 6.61 Å². The highest BCUT2D eigenvalue weighted by Crippen LogP contribution is 2.25. The van der Waals surface area contributed by atoms with E-state index in [4.69, 9.17) is 10.5 Å². The number of nitrogen functional groups attached to an aromatic ring is 1. The standard InChI is InChI=1S/C20H33N5O5/c1-4-7-11-25-16(21)15(17(26)22-19(25)28)24(10-5-2)18(27)14-8-12-23(13-9-14)20(29)30-6-3/h14H,4-13,21H2,1-3H3,(H,22,26,28). The Morgan fingerprint density at radius 2 is 1.83 bits per heavy atom. The van der Waals surface area contributed by atoms with E-state index in [2.05, 4.69) is 4.98 Å². The molecule has 2 amide bonds. The number of H-pyrrole nitrogens is 1. The number of ether oxygens (including phenoxy) is 1. The molecule has 1 aromatic rings. The third-order valence-corrected chi connectivity index (χ3v) is 5.30. The molecule has 10 nitrogen and oxygen atoms in total. The summed E-state index contributed by atoms with van der Waals surface area (Å²) >= 11 is 0. The number of likely N-dealkylation sites (tertiary alicyclic amines) is 1. The van der Waals surface area contributed by atoms with Crippen LogP contribution in [0, 0.1) is 5.92 Å². The Bertz CT molecular complexity index is 854. The van der Waals surface area contributed by atoms with Gasteiger partial charge >= 0.3 is 11.8 Å². The van der Waals surface area contributed by atoms with Crippen LogP contribution in [0.5, 0.6) is 0 Å². The molecule has 3 N–H and O–H groups in total. The first-order valence-electron chi connectivity index (χ1n) is 10.7. The second kappa shape index (κ2) is 10.8. The summed E-state index contributed by atoms with van der Waals surface area (Å²) < 4.78 is 6.34. The van der Waals surface area contributed by atoms with Gasteiger partial charge in [0.1, 0.15) is 5.82 Å². The molecular formula is C20H33N5O5. The van der Waals surface area contributed by atoms with Gasteiger partial charge in [-0.2, -0.15) is 0 Å². The number of unbranched alkanes of at least 4 members (excludes halogenated alkanes) is 1. The molecular weight excluding hydrogens is 390 g/mol. The first-order chi connectivity index (χ1) is 14.3. The molecule has 168 valence electrons. The number of anilines is 2. The van der Waals surface area contributed by atoms with Crippen molar-refractivity contribution in [3.63, 3.8) is 0 Å². The third-order valence-electron chi connectivity index (χ3n) is 5.30. The Labute approximate surface area is 176 Å². The van der Waals surface area contributed by atoms with Crippen molar-refractivity contribution in [2.45, 2.75) is 59.4 Å². The average Bonchev–Trinajstić information content (AvgIpc) is 2.72. The van der Waals surface area contributed by atoms with Gasteiger partial charge in [-0.3, -0.25) is 19.1 Å². The fourth-order valence-corrected chi connectivity index (χ4v) is 3.68. The van der Waals surface area contributed by atoms with Crippen LogP contribution in [0.1, 0.15) is 52.9 Å². The monoisotopic (exact) mass is 423 g/mol. The summed E-state index contributed by atoms with van der Waals surface area (Å²) in [4.78, 5) is 55.3. The summed E-state index contributed by atoms with van der Waals surface area (Å²) in [6.07, 6.45) is 2.79. The number of hydrogen-bond donors (Lipinski definition) is 2. The van der Waals surface area contributed by atoms with Gasteiger partial charge in [-0.1, -0.05) is 20.3 Å². The Hall–Kier alpha value is -2.78. The van der Waals surface area contributed by atoms with Gasteiger partial charge in [0.15, 0.2) is 5.69 Å². The average molecular weight is 424 g/mol. The number of nitrogens with two attached hydrogens (primary N) is 1. The normalized spacial score (nSPS) is 14.6. The molecule has 0 spiro atoms. The number of carbonyl (C=O) groups is 2. The molecule has 0 saturated carbocycles. The fraction of sp³-hybridized carbons (Fsp3) is 0.700. The molecule has 1 aliphatic heterocycles. The first kappa shape index (κ1) is 23.5. The first-order valence-corrected chi connectivity index (χ1v) is 10.7. The number of nitrogens with one attached hydrogen (secondary N) is 1. The molecule has 2 heterocycles. The number of piperidine rings is 1. The predicted octanol–water partition coefficient (Wildman–Crippen LogP) is 1.53. The van der Waals surface area contributed by atoms with E-state index in [-0.39, 0.29) is 29.4 Å². The molecule has 1 aliphatic rings. The second-order valence-corrected chi connectivity index (χ2v) is 7.45. The highest BCUT2D eigenvalue weighted by atomic mass is 16.6. The molecule has 1 fully saturated rings. The molecule has 1 aromatic heterocycles. The zero-order valence-corrected chi connectivity index (χ0v) is 18.1. The number of aromatic nitrogens is 2. The molecule has 1 saturated heterocycles. The largest absolute Gasteiger partial charge is 0.450 e. The van der Waals surface area contributed by atoms with Crippen LogP contribution in [-0.2, 0) is 16.1 Å². The van der Waals surface area contributed by atoms with E-state index < -0.39 is 11.2 Å². The maximum atomic E-state index is 13.3. The van der Waals surface area contributed by atoms with Crippen LogP contribution in [0.25, 0.3) is 0 Å². The lowest BCUT2D eigenvalue weighted by atomic mass is 9.95. The summed E-state index contributed by atoms with van der Waals surface area (Å²) in [5.74, 6) is -0.529. The van der Waals surface area contributed by atoms with Gasteiger partial charge in [0.2, 0.25) is 5.91 Å². The highest BCUT2D eigenvalue weighted by Gasteiger charge is 2.33. The van der Waals surface area contributed by atoms with E-state index in [0.717, 1.165) is 12.8 Å². The molecule has 0 unspecified atom stereocenters. The van der Waals surface area contributed by atoms with E-state index in [1.54, 1.807) is 11.8 Å². The zero-order valence-electron chi connectivity index (χ0n) is 18.1. The number of aromatic amines is 1. The number of hydrogen-bond acceptors (Lipinski definition) is 6. The van der Waals surface area contributed by atoms with E-state index in [9.17, 15) is 19.2 Å². The minimum Gasteiger partial charge on any atom is -0.450 e. The van der Waals surface area contributed by atoms with Gasteiger partial charge in [0.25, 0.3) is 5.56 Å². The minimum atomic E-state index is -0.656. The van der Waals surface area contributed by atoms with E-state index in [0.29, 0.717) is 52.0 Å². The van der Waals surface area contributed by atoms with Crippen LogP contribution in [0.15, 0.2) is 9.59 Å². The Morgan fingerprint density at radius 1 is 1.17 bits per heavy atom. The van der Waals surface area contributed by atoms with Crippen LogP contribution >= 0.6 is 0 Å². The van der Waals surface area contributed by atoms with E-state index >= 15 is 0 Å². The lowest BCUT2D eigenvalue weighted by Crippen LogP contribution is -2.47. The SMILES string of the molecule is CCCCn1c(N)c(N(CCC)C(=O)C2CCN(C(=O)OCC)CC2)c(=O)[nH]c1=O. The van der Waals surface area contributed by atoms with Gasteiger partial charge < -0.3 is 20.3 Å². The molecule has 2 rings (SSSR count). The topological polar surface area (TPSA) is 131 Å². The molecule has 0 aromatic carbocycles. The highest BCUT2D eigenvalue weighted by molar-refractivity contribution is 5.97. The van der Waals surface area contributed by atoms with Crippen molar-refractivity contribution in [3.8, 4) is 0 Å².